The summed E-state index contributed by atoms with van der Waals surface area (Å²) in [5, 5.41) is 3.05. The van der Waals surface area contributed by atoms with Crippen LogP contribution in [0.25, 0.3) is 0 Å². The van der Waals surface area contributed by atoms with Gasteiger partial charge >= 0.3 is 0 Å². The van der Waals surface area contributed by atoms with Crippen molar-refractivity contribution in [3.05, 3.63) is 23.4 Å². The van der Waals surface area contributed by atoms with E-state index in [2.05, 4.69) is 10.3 Å². The Hall–Kier alpha value is -1.38. The number of amides is 1. The maximum absolute atomic E-state index is 10.9. The maximum Gasteiger partial charge on any atom is 0.278 e. The molecule has 0 aromatic rings. The van der Waals surface area contributed by atoms with Gasteiger partial charge in [0.2, 0.25) is 0 Å². The van der Waals surface area contributed by atoms with Crippen LogP contribution in [0.4, 0.5) is 0 Å². The third-order valence-corrected chi connectivity index (χ3v) is 1.55. The van der Waals surface area contributed by atoms with Gasteiger partial charge in [0.25, 0.3) is 5.91 Å². The molecule has 0 aliphatic carbocycles. The van der Waals surface area contributed by atoms with Crippen LogP contribution in [0.1, 0.15) is 0 Å². The average molecular weight is 134 g/mol. The Morgan fingerprint density at radius 2 is 2.50 bits per heavy atom. The molecule has 1 amide bonds. The number of rotatable bonds is 0. The fourth-order valence-electron chi connectivity index (χ4n) is 1.07. The summed E-state index contributed by atoms with van der Waals surface area (Å²) in [5.74, 6) is -0.137. The summed E-state index contributed by atoms with van der Waals surface area (Å²) >= 11 is 0. The van der Waals surface area contributed by atoms with E-state index in [0.29, 0.717) is 5.57 Å². The van der Waals surface area contributed by atoms with Crippen LogP contribution in [0, 0.1) is 0 Å². The van der Waals surface area contributed by atoms with Gasteiger partial charge in [-0.1, -0.05) is 6.08 Å². The van der Waals surface area contributed by atoms with Gasteiger partial charge in [0.1, 0.15) is 0 Å². The Balaban J connectivity index is 2.48. The SMILES string of the molecule is O=C1N=CC=C2NCC=C12. The van der Waals surface area contributed by atoms with Crippen molar-refractivity contribution >= 4 is 12.1 Å². The van der Waals surface area contributed by atoms with E-state index in [1.165, 1.54) is 6.21 Å². The van der Waals surface area contributed by atoms with Crippen LogP contribution in [0.2, 0.25) is 0 Å². The van der Waals surface area contributed by atoms with Crippen LogP contribution < -0.4 is 5.32 Å². The van der Waals surface area contributed by atoms with Gasteiger partial charge in [0.15, 0.2) is 0 Å². The molecule has 2 rings (SSSR count). The zero-order valence-corrected chi connectivity index (χ0v) is 5.29. The minimum atomic E-state index is -0.137. The molecule has 0 saturated heterocycles. The van der Waals surface area contributed by atoms with Crippen molar-refractivity contribution in [3.63, 3.8) is 0 Å². The van der Waals surface area contributed by atoms with Crippen LogP contribution in [0.3, 0.4) is 0 Å². The number of aliphatic imine (C=N–C) groups is 1. The molecule has 50 valence electrons. The molecule has 3 heteroatoms. The number of carbonyl (C=O) groups is 1. The number of dihydropyridines is 1. The molecule has 0 saturated carbocycles. The minimum Gasteiger partial charge on any atom is -0.381 e. The first kappa shape index (κ1) is 5.41. The molecule has 0 unspecified atom stereocenters. The fourth-order valence-corrected chi connectivity index (χ4v) is 1.07. The normalized spacial score (nSPS) is 21.4. The zero-order valence-electron chi connectivity index (χ0n) is 5.29. The van der Waals surface area contributed by atoms with Crippen LogP contribution in [-0.2, 0) is 4.79 Å². The second kappa shape index (κ2) is 1.80. The quantitative estimate of drug-likeness (QED) is 0.507. The molecule has 1 N–H and O–H groups in total. The number of allylic oxidation sites excluding steroid dienone is 1. The van der Waals surface area contributed by atoms with E-state index in [0.717, 1.165) is 12.2 Å². The number of nitrogens with one attached hydrogen (secondary N) is 1. The van der Waals surface area contributed by atoms with E-state index in [1.54, 1.807) is 6.08 Å². The topological polar surface area (TPSA) is 41.5 Å². The number of hydrogen-bond acceptors (Lipinski definition) is 2. The Kier molecular flexibility index (Phi) is 0.974. The summed E-state index contributed by atoms with van der Waals surface area (Å²) in [7, 11) is 0. The first-order chi connectivity index (χ1) is 4.88. The Morgan fingerprint density at radius 1 is 1.60 bits per heavy atom. The summed E-state index contributed by atoms with van der Waals surface area (Å²) in [6.45, 7) is 0.746. The van der Waals surface area contributed by atoms with E-state index >= 15 is 0 Å². The molecular weight excluding hydrogens is 128 g/mol. The van der Waals surface area contributed by atoms with Crippen molar-refractivity contribution in [1.82, 2.24) is 5.32 Å². The van der Waals surface area contributed by atoms with Crippen molar-refractivity contribution < 1.29 is 4.79 Å². The number of fused-ring (bicyclic) bond motifs is 1. The van der Waals surface area contributed by atoms with Gasteiger partial charge in [-0.3, -0.25) is 4.79 Å². The van der Waals surface area contributed by atoms with Gasteiger partial charge in [-0.15, -0.1) is 0 Å². The van der Waals surface area contributed by atoms with Crippen molar-refractivity contribution in [2.75, 3.05) is 6.54 Å². The second-order valence-electron chi connectivity index (χ2n) is 2.16. The minimum absolute atomic E-state index is 0.137. The van der Waals surface area contributed by atoms with Crippen LogP contribution in [0.5, 0.6) is 0 Å². The van der Waals surface area contributed by atoms with E-state index in [1.807, 2.05) is 6.08 Å². The molecule has 10 heavy (non-hydrogen) atoms. The summed E-state index contributed by atoms with van der Waals surface area (Å²) < 4.78 is 0. The summed E-state index contributed by atoms with van der Waals surface area (Å²) in [5.41, 5.74) is 1.61. The van der Waals surface area contributed by atoms with E-state index in [4.69, 9.17) is 0 Å². The van der Waals surface area contributed by atoms with Crippen molar-refractivity contribution in [3.8, 4) is 0 Å². The van der Waals surface area contributed by atoms with E-state index in [9.17, 15) is 4.79 Å². The van der Waals surface area contributed by atoms with Crippen molar-refractivity contribution in [1.29, 1.82) is 0 Å². The van der Waals surface area contributed by atoms with E-state index in [-0.39, 0.29) is 5.91 Å². The molecule has 0 radical (unpaired) electrons. The number of carbonyl (C=O) groups excluding carboxylic acids is 1. The van der Waals surface area contributed by atoms with Crippen LogP contribution in [-0.4, -0.2) is 18.7 Å². The summed E-state index contributed by atoms with van der Waals surface area (Å²) in [6.07, 6.45) is 5.18. The molecular formula is C7H6N2O. The fraction of sp³-hybridized carbons (Fsp3) is 0.143. The summed E-state index contributed by atoms with van der Waals surface area (Å²) in [6, 6.07) is 0. The monoisotopic (exact) mass is 134 g/mol. The molecule has 0 aromatic carbocycles. The van der Waals surface area contributed by atoms with Crippen LogP contribution >= 0.6 is 0 Å². The highest BCUT2D eigenvalue weighted by atomic mass is 16.1. The van der Waals surface area contributed by atoms with E-state index < -0.39 is 0 Å². The lowest BCUT2D eigenvalue weighted by atomic mass is 10.2. The number of nitrogens with zero attached hydrogens (tertiary/aromatic N) is 1. The van der Waals surface area contributed by atoms with Gasteiger partial charge in [0.05, 0.1) is 5.57 Å². The highest BCUT2D eigenvalue weighted by Crippen LogP contribution is 2.15. The Bertz CT molecular complexity index is 273. The highest BCUT2D eigenvalue weighted by Gasteiger charge is 2.18. The van der Waals surface area contributed by atoms with Gasteiger partial charge in [-0.2, -0.15) is 0 Å². The van der Waals surface area contributed by atoms with Gasteiger partial charge in [-0.25, -0.2) is 4.99 Å². The standard InChI is InChI=1S/C7H6N2O/c10-7-5-1-3-8-6(5)2-4-9-7/h1-2,4,8H,3H2. The van der Waals surface area contributed by atoms with Gasteiger partial charge in [0, 0.05) is 18.5 Å². The average Bonchev–Trinajstić information content (AvgIpc) is 2.36. The number of hydrogen-bond donors (Lipinski definition) is 1. The third kappa shape index (κ3) is 0.603. The predicted molar refractivity (Wildman–Crippen MR) is 37.7 cm³/mol. The Labute approximate surface area is 58.1 Å². The van der Waals surface area contributed by atoms with Gasteiger partial charge in [-0.05, 0) is 6.08 Å². The predicted octanol–water partition coefficient (Wildman–Crippen LogP) is 0.0109. The Morgan fingerprint density at radius 3 is 3.30 bits per heavy atom. The zero-order chi connectivity index (χ0) is 6.97. The first-order valence-corrected chi connectivity index (χ1v) is 3.11. The lowest BCUT2D eigenvalue weighted by Gasteiger charge is -2.03. The lowest BCUT2D eigenvalue weighted by Crippen LogP contribution is -2.12. The molecule has 2 aliphatic heterocycles. The van der Waals surface area contributed by atoms with Crippen molar-refractivity contribution in [2.45, 2.75) is 0 Å². The third-order valence-electron chi connectivity index (χ3n) is 1.55. The smallest absolute Gasteiger partial charge is 0.278 e. The highest BCUT2D eigenvalue weighted by molar-refractivity contribution is 6.07. The molecule has 3 nitrogen and oxygen atoms in total. The molecule has 0 fully saturated rings. The molecule has 0 bridgehead atoms. The first-order valence-electron chi connectivity index (χ1n) is 3.11. The van der Waals surface area contributed by atoms with Crippen molar-refractivity contribution in [2.24, 2.45) is 4.99 Å². The molecule has 0 atom stereocenters. The maximum atomic E-state index is 10.9. The molecule has 2 heterocycles. The molecule has 0 aromatic heterocycles. The molecule has 2 aliphatic rings. The lowest BCUT2D eigenvalue weighted by molar-refractivity contribution is -0.114. The van der Waals surface area contributed by atoms with Crippen LogP contribution in [0.15, 0.2) is 28.4 Å². The second-order valence-corrected chi connectivity index (χ2v) is 2.16. The largest absolute Gasteiger partial charge is 0.381 e. The summed E-state index contributed by atoms with van der Waals surface area (Å²) in [4.78, 5) is 14.6. The van der Waals surface area contributed by atoms with Gasteiger partial charge < -0.3 is 5.32 Å². The molecule has 0 spiro atoms.